The molecule has 0 aliphatic rings. The van der Waals surface area contributed by atoms with Crippen LogP contribution in [0.1, 0.15) is 33.1 Å². The molecule has 14 N–H and O–H groups in total. The number of aliphatic carboxylic acids is 1. The molecule has 0 bridgehead atoms. The fourth-order valence-corrected chi connectivity index (χ4v) is 2.63. The van der Waals surface area contributed by atoms with E-state index in [0.29, 0.717) is 6.42 Å². The summed E-state index contributed by atoms with van der Waals surface area (Å²) in [6.07, 6.45) is -3.16. The van der Waals surface area contributed by atoms with Crippen molar-refractivity contribution in [3.63, 3.8) is 0 Å². The third kappa shape index (κ3) is 11.4. The van der Waals surface area contributed by atoms with E-state index in [2.05, 4.69) is 15.6 Å². The Labute approximate surface area is 195 Å². The quantitative estimate of drug-likeness (QED) is 0.0586. The van der Waals surface area contributed by atoms with Crippen LogP contribution in [0.15, 0.2) is 4.99 Å². The van der Waals surface area contributed by atoms with Gasteiger partial charge in [-0.25, -0.2) is 4.79 Å². The van der Waals surface area contributed by atoms with Crippen LogP contribution in [-0.2, 0) is 24.0 Å². The van der Waals surface area contributed by atoms with Crippen molar-refractivity contribution >= 4 is 35.6 Å². The van der Waals surface area contributed by atoms with E-state index in [4.69, 9.17) is 28.0 Å². The number of carbonyl (C=O) groups is 5. The molecule has 0 spiro atoms. The maximum atomic E-state index is 12.6. The van der Waals surface area contributed by atoms with E-state index in [0.717, 1.165) is 6.92 Å². The summed E-state index contributed by atoms with van der Waals surface area (Å²) in [6, 6.07) is -6.02. The second-order valence-corrected chi connectivity index (χ2v) is 7.58. The van der Waals surface area contributed by atoms with Crippen molar-refractivity contribution in [2.75, 3.05) is 6.54 Å². The second-order valence-electron chi connectivity index (χ2n) is 7.58. The molecule has 194 valence electrons. The van der Waals surface area contributed by atoms with Crippen LogP contribution in [0.2, 0.25) is 0 Å². The van der Waals surface area contributed by atoms with Gasteiger partial charge in [-0.3, -0.25) is 24.2 Å². The van der Waals surface area contributed by atoms with Gasteiger partial charge >= 0.3 is 5.97 Å². The van der Waals surface area contributed by atoms with E-state index in [-0.39, 0.29) is 18.9 Å². The first-order valence-corrected chi connectivity index (χ1v) is 10.3. The minimum absolute atomic E-state index is 0.120. The highest BCUT2D eigenvalue weighted by Crippen LogP contribution is 2.03. The van der Waals surface area contributed by atoms with Crippen molar-refractivity contribution in [1.82, 2.24) is 16.0 Å². The fourth-order valence-electron chi connectivity index (χ4n) is 2.63. The van der Waals surface area contributed by atoms with Crippen LogP contribution in [0.25, 0.3) is 0 Å². The molecule has 16 nitrogen and oxygen atoms in total. The minimum Gasteiger partial charge on any atom is -0.480 e. The molecule has 0 saturated carbocycles. The molecule has 34 heavy (non-hydrogen) atoms. The van der Waals surface area contributed by atoms with Gasteiger partial charge in [0.2, 0.25) is 23.6 Å². The zero-order chi connectivity index (χ0) is 26.6. The van der Waals surface area contributed by atoms with E-state index < -0.39 is 72.4 Å². The number of nitrogens with two attached hydrogens (primary N) is 4. The third-order valence-electron chi connectivity index (χ3n) is 4.45. The first kappa shape index (κ1) is 30.5. The molecule has 4 amide bonds. The minimum atomic E-state index is -1.70. The summed E-state index contributed by atoms with van der Waals surface area (Å²) in [5.41, 5.74) is 21.1. The standard InChI is InChI=1S/C18H34N8O8/c1-7(27)12(15(31)24-10(17(33)34)6-11(20)29)26-16(32)13(8(2)28)25-14(30)9(19)4-3-5-23-18(21)22/h7-10,12-13,27-28H,3-6,19H2,1-2H3,(H2,20,29)(H,24,31)(H,25,30)(H,26,32)(H,33,34)(H4,21,22,23). The molecule has 0 aromatic carbocycles. The molecule has 0 aromatic heterocycles. The number of hydrogen-bond donors (Lipinski definition) is 10. The van der Waals surface area contributed by atoms with Crippen LogP contribution < -0.4 is 38.9 Å². The predicted molar refractivity (Wildman–Crippen MR) is 118 cm³/mol. The van der Waals surface area contributed by atoms with E-state index in [9.17, 15) is 34.2 Å². The number of rotatable bonds is 15. The van der Waals surface area contributed by atoms with Crippen LogP contribution in [-0.4, -0.2) is 93.8 Å². The molecule has 0 rings (SSSR count). The summed E-state index contributed by atoms with van der Waals surface area (Å²) in [5, 5.41) is 35.3. The zero-order valence-electron chi connectivity index (χ0n) is 18.9. The molecule has 0 aliphatic heterocycles. The monoisotopic (exact) mass is 490 g/mol. The first-order chi connectivity index (χ1) is 15.7. The highest BCUT2D eigenvalue weighted by molar-refractivity contribution is 5.95. The topological polar surface area (TPSA) is 299 Å². The number of aliphatic imine (C=N–C) groups is 1. The number of aliphatic hydroxyl groups excluding tert-OH is 2. The number of carboxylic acid groups (broad SMARTS) is 1. The van der Waals surface area contributed by atoms with Gasteiger partial charge in [0.25, 0.3) is 0 Å². The lowest BCUT2D eigenvalue weighted by Crippen LogP contribution is -2.62. The molecule has 0 fully saturated rings. The zero-order valence-corrected chi connectivity index (χ0v) is 18.9. The van der Waals surface area contributed by atoms with Gasteiger partial charge in [0, 0.05) is 6.54 Å². The summed E-state index contributed by atoms with van der Waals surface area (Å²) >= 11 is 0. The highest BCUT2D eigenvalue weighted by Gasteiger charge is 2.34. The lowest BCUT2D eigenvalue weighted by molar-refractivity contribution is -0.144. The van der Waals surface area contributed by atoms with E-state index in [1.54, 1.807) is 0 Å². The molecular formula is C18H34N8O8. The Morgan fingerprint density at radius 1 is 0.853 bits per heavy atom. The Kier molecular flexibility index (Phi) is 13.1. The van der Waals surface area contributed by atoms with Crippen molar-refractivity contribution in [1.29, 1.82) is 0 Å². The summed E-state index contributed by atoms with van der Waals surface area (Å²) in [5.74, 6) is -5.66. The highest BCUT2D eigenvalue weighted by atomic mass is 16.4. The van der Waals surface area contributed by atoms with E-state index in [1.807, 2.05) is 5.32 Å². The summed E-state index contributed by atoms with van der Waals surface area (Å²) < 4.78 is 0. The number of carboxylic acids is 1. The molecule has 0 saturated heterocycles. The van der Waals surface area contributed by atoms with E-state index >= 15 is 0 Å². The maximum Gasteiger partial charge on any atom is 0.326 e. The summed E-state index contributed by atoms with van der Waals surface area (Å²) in [7, 11) is 0. The smallest absolute Gasteiger partial charge is 0.326 e. The van der Waals surface area contributed by atoms with Gasteiger partial charge in [0.15, 0.2) is 5.96 Å². The summed E-state index contributed by atoms with van der Waals surface area (Å²) in [4.78, 5) is 63.4. The van der Waals surface area contributed by atoms with E-state index in [1.165, 1.54) is 6.92 Å². The molecule has 0 aromatic rings. The van der Waals surface area contributed by atoms with Gasteiger partial charge in [0.05, 0.1) is 24.7 Å². The Bertz CT molecular complexity index is 769. The molecule has 0 radical (unpaired) electrons. The molecule has 6 unspecified atom stereocenters. The lowest BCUT2D eigenvalue weighted by Gasteiger charge is -2.27. The Morgan fingerprint density at radius 3 is 1.74 bits per heavy atom. The number of nitrogens with zero attached hydrogens (tertiary/aromatic N) is 1. The van der Waals surface area contributed by atoms with Gasteiger partial charge in [0.1, 0.15) is 18.1 Å². The average Bonchev–Trinajstić information content (AvgIpc) is 2.70. The normalized spacial score (nSPS) is 16.0. The number of guanidine groups is 1. The van der Waals surface area contributed by atoms with Gasteiger partial charge < -0.3 is 54.2 Å². The fraction of sp³-hybridized carbons (Fsp3) is 0.667. The molecule has 6 atom stereocenters. The van der Waals surface area contributed by atoms with Crippen molar-refractivity contribution in [2.24, 2.45) is 27.9 Å². The van der Waals surface area contributed by atoms with Gasteiger partial charge in [-0.1, -0.05) is 0 Å². The Hall–Kier alpha value is -3.50. The molecule has 16 heteroatoms. The van der Waals surface area contributed by atoms with Crippen molar-refractivity contribution in [3.05, 3.63) is 0 Å². The van der Waals surface area contributed by atoms with Crippen molar-refractivity contribution in [3.8, 4) is 0 Å². The number of amides is 4. The SMILES string of the molecule is CC(O)C(NC(=O)C(N)CCCN=C(N)N)C(=O)NC(C(=O)NC(CC(N)=O)C(=O)O)C(C)O. The average molecular weight is 491 g/mol. The molecule has 0 heterocycles. The third-order valence-corrected chi connectivity index (χ3v) is 4.45. The molecule has 0 aliphatic carbocycles. The van der Waals surface area contributed by atoms with Crippen LogP contribution >= 0.6 is 0 Å². The molecular weight excluding hydrogens is 456 g/mol. The maximum absolute atomic E-state index is 12.6. The summed E-state index contributed by atoms with van der Waals surface area (Å²) in [6.45, 7) is 2.55. The van der Waals surface area contributed by atoms with Crippen molar-refractivity contribution in [2.45, 2.75) is 69.5 Å². The first-order valence-electron chi connectivity index (χ1n) is 10.3. The van der Waals surface area contributed by atoms with Crippen LogP contribution in [0.3, 0.4) is 0 Å². The Balaban J connectivity index is 5.25. The number of carbonyl (C=O) groups excluding carboxylic acids is 4. The van der Waals surface area contributed by atoms with Gasteiger partial charge in [-0.15, -0.1) is 0 Å². The van der Waals surface area contributed by atoms with Gasteiger partial charge in [-0.05, 0) is 26.7 Å². The largest absolute Gasteiger partial charge is 0.480 e. The van der Waals surface area contributed by atoms with Gasteiger partial charge in [-0.2, -0.15) is 0 Å². The van der Waals surface area contributed by atoms with Crippen LogP contribution in [0, 0.1) is 0 Å². The predicted octanol–water partition coefficient (Wildman–Crippen LogP) is -5.46. The number of nitrogens with one attached hydrogen (secondary N) is 3. The van der Waals surface area contributed by atoms with Crippen LogP contribution in [0.5, 0.6) is 0 Å². The Morgan fingerprint density at radius 2 is 1.32 bits per heavy atom. The number of hydrogen-bond acceptors (Lipinski definition) is 9. The lowest BCUT2D eigenvalue weighted by atomic mass is 10.1. The van der Waals surface area contributed by atoms with Crippen LogP contribution in [0.4, 0.5) is 0 Å². The number of aliphatic hydroxyl groups is 2. The number of primary amides is 1. The van der Waals surface area contributed by atoms with Crippen molar-refractivity contribution < 1.29 is 39.3 Å². The second kappa shape index (κ2) is 14.6.